The first-order valence-electron chi connectivity index (χ1n) is 6.54. The van der Waals surface area contributed by atoms with Gasteiger partial charge in [0.15, 0.2) is 0 Å². The van der Waals surface area contributed by atoms with E-state index in [1.807, 2.05) is 12.1 Å². The summed E-state index contributed by atoms with van der Waals surface area (Å²) in [5.74, 6) is 0. The summed E-state index contributed by atoms with van der Waals surface area (Å²) in [6, 6.07) is 7.70. The molecule has 0 unspecified atom stereocenters. The zero-order valence-electron chi connectivity index (χ0n) is 12.1. The lowest BCUT2D eigenvalue weighted by Crippen LogP contribution is -2.35. The standard InChI is InChI=1S/C13H22IN3O2S/c1-11(2)15-8-5-9-17(3)20(18,19)16-13-7-4-6-12(14)10-13/h4,6-7,10-11,15-16H,5,8-9H2,1-3H3. The fraction of sp³-hybridized carbons (Fsp3) is 0.538. The number of benzene rings is 1. The van der Waals surface area contributed by atoms with Crippen LogP contribution in [0.15, 0.2) is 24.3 Å². The van der Waals surface area contributed by atoms with Crippen LogP contribution in [0.2, 0.25) is 0 Å². The summed E-state index contributed by atoms with van der Waals surface area (Å²) in [6.45, 7) is 5.43. The van der Waals surface area contributed by atoms with E-state index < -0.39 is 10.2 Å². The second kappa shape index (κ2) is 8.16. The molecule has 114 valence electrons. The molecule has 0 fully saturated rings. The Morgan fingerprint density at radius 1 is 1.35 bits per heavy atom. The minimum absolute atomic E-state index is 0.418. The van der Waals surface area contributed by atoms with Crippen LogP contribution in [0.25, 0.3) is 0 Å². The predicted octanol–water partition coefficient (Wildman–Crippen LogP) is 2.27. The van der Waals surface area contributed by atoms with Crippen LogP contribution in [-0.4, -0.2) is 38.9 Å². The maximum atomic E-state index is 12.1. The van der Waals surface area contributed by atoms with Crippen molar-refractivity contribution >= 4 is 38.5 Å². The summed E-state index contributed by atoms with van der Waals surface area (Å²) in [5, 5.41) is 3.27. The normalized spacial score (nSPS) is 12.1. The van der Waals surface area contributed by atoms with Gasteiger partial charge in [-0.1, -0.05) is 19.9 Å². The summed E-state index contributed by atoms with van der Waals surface area (Å²) in [5.41, 5.74) is 0.587. The molecule has 0 spiro atoms. The zero-order chi connectivity index (χ0) is 15.2. The van der Waals surface area contributed by atoms with Crippen LogP contribution >= 0.6 is 22.6 Å². The minimum atomic E-state index is -3.48. The van der Waals surface area contributed by atoms with Gasteiger partial charge in [-0.25, -0.2) is 0 Å². The van der Waals surface area contributed by atoms with Crippen molar-refractivity contribution in [3.63, 3.8) is 0 Å². The fourth-order valence-electron chi connectivity index (χ4n) is 1.59. The zero-order valence-corrected chi connectivity index (χ0v) is 15.0. The molecule has 0 saturated heterocycles. The quantitative estimate of drug-likeness (QED) is 0.510. The molecule has 0 aliphatic carbocycles. The van der Waals surface area contributed by atoms with E-state index in [1.165, 1.54) is 4.31 Å². The second-order valence-electron chi connectivity index (χ2n) is 4.90. The Labute approximate surface area is 135 Å². The van der Waals surface area contributed by atoms with Crippen LogP contribution in [-0.2, 0) is 10.2 Å². The molecule has 1 aromatic carbocycles. The molecular formula is C13H22IN3O2S. The lowest BCUT2D eigenvalue weighted by molar-refractivity contribution is 0.451. The Bertz CT molecular complexity index is 520. The van der Waals surface area contributed by atoms with Gasteiger partial charge in [0.25, 0.3) is 0 Å². The lowest BCUT2D eigenvalue weighted by atomic mass is 10.3. The van der Waals surface area contributed by atoms with E-state index in [-0.39, 0.29) is 0 Å². The molecule has 0 bridgehead atoms. The van der Waals surface area contributed by atoms with E-state index in [0.29, 0.717) is 18.3 Å². The van der Waals surface area contributed by atoms with E-state index in [0.717, 1.165) is 16.5 Å². The first-order valence-corrected chi connectivity index (χ1v) is 9.06. The number of rotatable bonds is 8. The summed E-state index contributed by atoms with van der Waals surface area (Å²) < 4.78 is 29.2. The number of halogens is 1. The molecule has 0 radical (unpaired) electrons. The molecule has 0 heterocycles. The molecule has 2 N–H and O–H groups in total. The average Bonchev–Trinajstić information content (AvgIpc) is 2.33. The smallest absolute Gasteiger partial charge is 0.301 e. The predicted molar refractivity (Wildman–Crippen MR) is 92.1 cm³/mol. The van der Waals surface area contributed by atoms with Gasteiger partial charge in [-0.15, -0.1) is 0 Å². The second-order valence-corrected chi connectivity index (χ2v) is 7.92. The van der Waals surface area contributed by atoms with Gasteiger partial charge in [0.1, 0.15) is 0 Å². The van der Waals surface area contributed by atoms with Crippen molar-refractivity contribution in [1.82, 2.24) is 9.62 Å². The van der Waals surface area contributed by atoms with Crippen LogP contribution in [0.3, 0.4) is 0 Å². The van der Waals surface area contributed by atoms with Crippen molar-refractivity contribution < 1.29 is 8.42 Å². The minimum Gasteiger partial charge on any atom is -0.314 e. The van der Waals surface area contributed by atoms with Gasteiger partial charge in [0.05, 0.1) is 5.69 Å². The number of anilines is 1. The van der Waals surface area contributed by atoms with E-state index in [9.17, 15) is 8.42 Å². The molecule has 0 saturated carbocycles. The molecule has 0 aromatic heterocycles. The van der Waals surface area contributed by atoms with Crippen molar-refractivity contribution in [2.24, 2.45) is 0 Å². The average molecular weight is 411 g/mol. The first kappa shape index (κ1) is 17.7. The van der Waals surface area contributed by atoms with Crippen LogP contribution in [0.4, 0.5) is 5.69 Å². The van der Waals surface area contributed by atoms with Crippen molar-refractivity contribution in [3.05, 3.63) is 27.8 Å². The largest absolute Gasteiger partial charge is 0.314 e. The van der Waals surface area contributed by atoms with Crippen LogP contribution in [0.5, 0.6) is 0 Å². The summed E-state index contributed by atoms with van der Waals surface area (Å²) in [4.78, 5) is 0. The van der Waals surface area contributed by atoms with E-state index >= 15 is 0 Å². The molecule has 1 aromatic rings. The number of nitrogens with zero attached hydrogens (tertiary/aromatic N) is 1. The van der Waals surface area contributed by atoms with Crippen LogP contribution in [0, 0.1) is 3.57 Å². The summed E-state index contributed by atoms with van der Waals surface area (Å²) in [7, 11) is -1.89. The molecule has 0 amide bonds. The van der Waals surface area contributed by atoms with E-state index in [1.54, 1.807) is 19.2 Å². The highest BCUT2D eigenvalue weighted by Crippen LogP contribution is 2.14. The van der Waals surface area contributed by atoms with Crippen molar-refractivity contribution in [3.8, 4) is 0 Å². The van der Waals surface area contributed by atoms with Gasteiger partial charge >= 0.3 is 10.2 Å². The van der Waals surface area contributed by atoms with E-state index in [4.69, 9.17) is 0 Å². The number of hydrogen-bond acceptors (Lipinski definition) is 3. The van der Waals surface area contributed by atoms with Crippen LogP contribution in [0.1, 0.15) is 20.3 Å². The molecule has 0 aliphatic rings. The molecule has 0 aliphatic heterocycles. The van der Waals surface area contributed by atoms with Gasteiger partial charge in [-0.3, -0.25) is 4.72 Å². The molecule has 20 heavy (non-hydrogen) atoms. The Kier molecular flexibility index (Phi) is 7.21. The SMILES string of the molecule is CC(C)NCCCN(C)S(=O)(=O)Nc1cccc(I)c1. The Morgan fingerprint density at radius 2 is 2.05 bits per heavy atom. The molecular weight excluding hydrogens is 389 g/mol. The van der Waals surface area contributed by atoms with E-state index in [2.05, 4.69) is 46.5 Å². The molecule has 5 nitrogen and oxygen atoms in total. The highest BCUT2D eigenvalue weighted by molar-refractivity contribution is 14.1. The maximum Gasteiger partial charge on any atom is 0.301 e. The van der Waals surface area contributed by atoms with Gasteiger partial charge in [-0.2, -0.15) is 12.7 Å². The summed E-state index contributed by atoms with van der Waals surface area (Å²) >= 11 is 2.15. The Morgan fingerprint density at radius 3 is 2.65 bits per heavy atom. The van der Waals surface area contributed by atoms with Gasteiger partial charge in [-0.05, 0) is 53.8 Å². The topological polar surface area (TPSA) is 61.4 Å². The highest BCUT2D eigenvalue weighted by atomic mass is 127. The fourth-order valence-corrected chi connectivity index (χ4v) is 3.08. The van der Waals surface area contributed by atoms with Crippen molar-refractivity contribution in [2.75, 3.05) is 24.9 Å². The van der Waals surface area contributed by atoms with Gasteiger partial charge in [0, 0.05) is 23.2 Å². The summed E-state index contributed by atoms with van der Waals surface area (Å²) in [6.07, 6.45) is 0.780. The highest BCUT2D eigenvalue weighted by Gasteiger charge is 2.16. The Balaban J connectivity index is 2.51. The van der Waals surface area contributed by atoms with Gasteiger partial charge in [0.2, 0.25) is 0 Å². The van der Waals surface area contributed by atoms with Crippen molar-refractivity contribution in [1.29, 1.82) is 0 Å². The molecule has 1 rings (SSSR count). The maximum absolute atomic E-state index is 12.1. The monoisotopic (exact) mass is 411 g/mol. The third-order valence-corrected chi connectivity index (χ3v) is 4.85. The molecule has 0 atom stereocenters. The lowest BCUT2D eigenvalue weighted by Gasteiger charge is -2.19. The van der Waals surface area contributed by atoms with Gasteiger partial charge < -0.3 is 5.32 Å². The Hall–Kier alpha value is -0.380. The molecule has 7 heteroatoms. The number of hydrogen-bond donors (Lipinski definition) is 2. The van der Waals surface area contributed by atoms with Crippen LogP contribution < -0.4 is 10.0 Å². The third kappa shape index (κ3) is 6.38. The first-order chi connectivity index (χ1) is 9.31. The third-order valence-electron chi connectivity index (χ3n) is 2.68. The number of nitrogens with one attached hydrogen (secondary N) is 2. The van der Waals surface area contributed by atoms with Crippen molar-refractivity contribution in [2.45, 2.75) is 26.3 Å².